The lowest BCUT2D eigenvalue weighted by Crippen LogP contribution is -1.96. The summed E-state index contributed by atoms with van der Waals surface area (Å²) in [5.41, 5.74) is 10.7. The summed E-state index contributed by atoms with van der Waals surface area (Å²) in [5.74, 6) is 0.834. The van der Waals surface area contributed by atoms with Crippen LogP contribution in [0.4, 0.5) is 5.69 Å². The molecule has 0 unspecified atom stereocenters. The summed E-state index contributed by atoms with van der Waals surface area (Å²) >= 11 is 0. The minimum Gasteiger partial charge on any atom is -0.489 e. The molecule has 0 amide bonds. The summed E-state index contributed by atoms with van der Waals surface area (Å²) in [5, 5.41) is 0. The molecular weight excluding hydrogens is 272 g/mol. The zero-order valence-corrected chi connectivity index (χ0v) is 12.5. The maximum absolute atomic E-state index is 5.94. The molecule has 3 heteroatoms. The average molecular weight is 290 g/mol. The van der Waals surface area contributed by atoms with E-state index in [2.05, 4.69) is 17.1 Å². The highest BCUT2D eigenvalue weighted by atomic mass is 16.5. The van der Waals surface area contributed by atoms with E-state index < -0.39 is 0 Å². The molecule has 0 atom stereocenters. The van der Waals surface area contributed by atoms with Gasteiger partial charge in [-0.1, -0.05) is 42.5 Å². The predicted octanol–water partition coefficient (Wildman–Crippen LogP) is 4.22. The van der Waals surface area contributed by atoms with E-state index in [-0.39, 0.29) is 0 Å². The number of aromatic nitrogens is 1. The lowest BCUT2D eigenvalue weighted by Gasteiger charge is -2.09. The Balaban J connectivity index is 1.79. The fraction of sp³-hybridized carbons (Fsp3) is 0.105. The van der Waals surface area contributed by atoms with Crippen LogP contribution in [0.25, 0.3) is 11.1 Å². The van der Waals surface area contributed by atoms with Crippen molar-refractivity contribution < 1.29 is 4.74 Å². The first kappa shape index (κ1) is 14.1. The standard InChI is InChI=1S/C19H18N2O/c1-14-19(20)11-17(12-21-14)16-8-5-9-18(10-16)22-13-15-6-3-2-4-7-15/h2-12H,13,20H2,1H3. The number of hydrogen-bond acceptors (Lipinski definition) is 3. The zero-order chi connectivity index (χ0) is 15.4. The maximum atomic E-state index is 5.94. The number of benzene rings is 2. The molecule has 1 heterocycles. The number of pyridine rings is 1. The van der Waals surface area contributed by atoms with Gasteiger partial charge in [-0.05, 0) is 36.2 Å². The SMILES string of the molecule is Cc1ncc(-c2cccc(OCc3ccccc3)c2)cc1N. The van der Waals surface area contributed by atoms with Crippen LogP contribution in [0.2, 0.25) is 0 Å². The second kappa shape index (κ2) is 6.31. The van der Waals surface area contributed by atoms with E-state index in [0.29, 0.717) is 12.3 Å². The summed E-state index contributed by atoms with van der Waals surface area (Å²) in [6.07, 6.45) is 1.84. The number of nitrogens with two attached hydrogens (primary N) is 1. The van der Waals surface area contributed by atoms with Gasteiger partial charge in [0.2, 0.25) is 0 Å². The van der Waals surface area contributed by atoms with E-state index in [1.807, 2.05) is 61.7 Å². The topological polar surface area (TPSA) is 48.1 Å². The van der Waals surface area contributed by atoms with Crippen molar-refractivity contribution in [2.75, 3.05) is 5.73 Å². The molecule has 22 heavy (non-hydrogen) atoms. The lowest BCUT2D eigenvalue weighted by molar-refractivity contribution is 0.306. The smallest absolute Gasteiger partial charge is 0.120 e. The summed E-state index contributed by atoms with van der Waals surface area (Å²) < 4.78 is 5.86. The van der Waals surface area contributed by atoms with Crippen LogP contribution < -0.4 is 10.5 Å². The first-order chi connectivity index (χ1) is 10.7. The number of rotatable bonds is 4. The molecule has 3 nitrogen and oxygen atoms in total. The van der Waals surface area contributed by atoms with Crippen LogP contribution in [0.15, 0.2) is 66.9 Å². The highest BCUT2D eigenvalue weighted by Gasteiger charge is 2.03. The van der Waals surface area contributed by atoms with Gasteiger partial charge in [-0.15, -0.1) is 0 Å². The number of nitrogens with zero attached hydrogens (tertiary/aromatic N) is 1. The Morgan fingerprint density at radius 2 is 1.77 bits per heavy atom. The minimum absolute atomic E-state index is 0.554. The molecule has 3 rings (SSSR count). The fourth-order valence-corrected chi connectivity index (χ4v) is 2.21. The first-order valence-electron chi connectivity index (χ1n) is 7.21. The average Bonchev–Trinajstić information content (AvgIpc) is 2.57. The second-order valence-corrected chi connectivity index (χ2v) is 5.20. The van der Waals surface area contributed by atoms with Gasteiger partial charge in [-0.2, -0.15) is 0 Å². The molecule has 2 aromatic carbocycles. The normalized spacial score (nSPS) is 10.4. The third-order valence-electron chi connectivity index (χ3n) is 3.54. The van der Waals surface area contributed by atoms with Gasteiger partial charge in [-0.25, -0.2) is 0 Å². The number of hydrogen-bond donors (Lipinski definition) is 1. The molecule has 1 aromatic heterocycles. The van der Waals surface area contributed by atoms with Gasteiger partial charge < -0.3 is 10.5 Å². The summed E-state index contributed by atoms with van der Waals surface area (Å²) in [6.45, 7) is 2.46. The minimum atomic E-state index is 0.554. The monoisotopic (exact) mass is 290 g/mol. The molecule has 0 aliphatic rings. The molecule has 0 saturated heterocycles. The number of anilines is 1. The van der Waals surface area contributed by atoms with Gasteiger partial charge >= 0.3 is 0 Å². The molecule has 0 radical (unpaired) electrons. The van der Waals surface area contributed by atoms with Crippen LogP contribution in [0.3, 0.4) is 0 Å². The van der Waals surface area contributed by atoms with Crippen LogP contribution >= 0.6 is 0 Å². The number of ether oxygens (including phenoxy) is 1. The van der Waals surface area contributed by atoms with Crippen molar-refractivity contribution in [3.63, 3.8) is 0 Å². The van der Waals surface area contributed by atoms with Crippen molar-refractivity contribution in [2.24, 2.45) is 0 Å². The molecule has 0 saturated carbocycles. The van der Waals surface area contributed by atoms with E-state index in [1.54, 1.807) is 0 Å². The highest BCUT2D eigenvalue weighted by Crippen LogP contribution is 2.26. The fourth-order valence-electron chi connectivity index (χ4n) is 2.21. The van der Waals surface area contributed by atoms with Crippen LogP contribution in [0.5, 0.6) is 5.75 Å². The van der Waals surface area contributed by atoms with Crippen LogP contribution in [-0.4, -0.2) is 4.98 Å². The number of aryl methyl sites for hydroxylation is 1. The zero-order valence-electron chi connectivity index (χ0n) is 12.5. The van der Waals surface area contributed by atoms with Crippen LogP contribution in [0.1, 0.15) is 11.3 Å². The molecule has 0 aliphatic heterocycles. The van der Waals surface area contributed by atoms with Crippen molar-refractivity contribution in [3.05, 3.63) is 78.1 Å². The molecular formula is C19H18N2O. The van der Waals surface area contributed by atoms with Gasteiger partial charge in [0.1, 0.15) is 12.4 Å². The first-order valence-corrected chi connectivity index (χ1v) is 7.21. The lowest BCUT2D eigenvalue weighted by atomic mass is 10.1. The van der Waals surface area contributed by atoms with Gasteiger partial charge in [0.15, 0.2) is 0 Å². The van der Waals surface area contributed by atoms with E-state index in [1.165, 1.54) is 0 Å². The Hall–Kier alpha value is -2.81. The van der Waals surface area contributed by atoms with E-state index >= 15 is 0 Å². The molecule has 3 aromatic rings. The van der Waals surface area contributed by atoms with E-state index in [9.17, 15) is 0 Å². The molecule has 0 aliphatic carbocycles. The molecule has 0 spiro atoms. The summed E-state index contributed by atoms with van der Waals surface area (Å²) in [7, 11) is 0. The molecule has 0 fully saturated rings. The largest absolute Gasteiger partial charge is 0.489 e. The van der Waals surface area contributed by atoms with Gasteiger partial charge in [0.05, 0.1) is 11.4 Å². The molecule has 2 N–H and O–H groups in total. The van der Waals surface area contributed by atoms with Crippen molar-refractivity contribution in [2.45, 2.75) is 13.5 Å². The van der Waals surface area contributed by atoms with Crippen molar-refractivity contribution in [3.8, 4) is 16.9 Å². The third-order valence-corrected chi connectivity index (χ3v) is 3.54. The Morgan fingerprint density at radius 1 is 0.955 bits per heavy atom. The van der Waals surface area contributed by atoms with Crippen LogP contribution in [-0.2, 0) is 6.61 Å². The highest BCUT2D eigenvalue weighted by molar-refractivity contribution is 5.68. The predicted molar refractivity (Wildman–Crippen MR) is 89.6 cm³/mol. The van der Waals surface area contributed by atoms with Crippen molar-refractivity contribution in [1.82, 2.24) is 4.98 Å². The van der Waals surface area contributed by atoms with E-state index in [4.69, 9.17) is 10.5 Å². The third kappa shape index (κ3) is 3.26. The number of nitrogen functional groups attached to an aromatic ring is 1. The Bertz CT molecular complexity index is 769. The Morgan fingerprint density at radius 3 is 2.55 bits per heavy atom. The van der Waals surface area contributed by atoms with Gasteiger partial charge in [0.25, 0.3) is 0 Å². The van der Waals surface area contributed by atoms with Gasteiger partial charge in [0, 0.05) is 11.8 Å². The molecule has 110 valence electrons. The van der Waals surface area contributed by atoms with E-state index in [0.717, 1.165) is 28.1 Å². The Kier molecular flexibility index (Phi) is 4.05. The summed E-state index contributed by atoms with van der Waals surface area (Å²) in [6, 6.07) is 20.0. The second-order valence-electron chi connectivity index (χ2n) is 5.20. The molecule has 0 bridgehead atoms. The summed E-state index contributed by atoms with van der Waals surface area (Å²) in [4.78, 5) is 4.31. The van der Waals surface area contributed by atoms with Crippen molar-refractivity contribution in [1.29, 1.82) is 0 Å². The Labute approximate surface area is 130 Å². The van der Waals surface area contributed by atoms with Crippen LogP contribution in [0, 0.1) is 6.92 Å². The maximum Gasteiger partial charge on any atom is 0.120 e. The quantitative estimate of drug-likeness (QED) is 0.782. The van der Waals surface area contributed by atoms with Crippen molar-refractivity contribution >= 4 is 5.69 Å². The van der Waals surface area contributed by atoms with Gasteiger partial charge in [-0.3, -0.25) is 4.98 Å².